The molecule has 126 valence electrons. The quantitative estimate of drug-likeness (QED) is 0.857. The molecule has 1 aliphatic heterocycles. The second-order valence-electron chi connectivity index (χ2n) is 7.66. The third kappa shape index (κ3) is 4.82. The number of rotatable bonds is 5. The average Bonchev–Trinajstić information content (AvgIpc) is 2.83. The van der Waals surface area contributed by atoms with E-state index in [2.05, 4.69) is 42.5 Å². The third-order valence-electron chi connectivity index (χ3n) is 4.77. The van der Waals surface area contributed by atoms with Crippen molar-refractivity contribution in [2.24, 2.45) is 23.2 Å². The first kappa shape index (κ1) is 19.7. The topological polar surface area (TPSA) is 37.0 Å². The van der Waals surface area contributed by atoms with Crippen LogP contribution in [0.4, 0.5) is 0 Å². The highest BCUT2D eigenvalue weighted by molar-refractivity contribution is 5.85. The van der Waals surface area contributed by atoms with Crippen LogP contribution in [-0.2, 0) is 0 Å². The molecular formula is C17H29Cl2N3. The van der Waals surface area contributed by atoms with Gasteiger partial charge in [-0.15, -0.1) is 24.8 Å². The van der Waals surface area contributed by atoms with Gasteiger partial charge in [0, 0.05) is 18.4 Å². The van der Waals surface area contributed by atoms with E-state index < -0.39 is 0 Å². The lowest BCUT2D eigenvalue weighted by atomic mass is 9.86. The van der Waals surface area contributed by atoms with Gasteiger partial charge in [-0.05, 0) is 60.9 Å². The fourth-order valence-corrected chi connectivity index (χ4v) is 3.63. The van der Waals surface area contributed by atoms with Crippen LogP contribution in [0.3, 0.4) is 0 Å². The van der Waals surface area contributed by atoms with Gasteiger partial charge in [0.2, 0.25) is 0 Å². The summed E-state index contributed by atoms with van der Waals surface area (Å²) in [6, 6.07) is 4.67. The lowest BCUT2D eigenvalue weighted by molar-refractivity contribution is 0.306. The normalized spacial score (nSPS) is 27.3. The van der Waals surface area contributed by atoms with E-state index in [1.807, 2.05) is 18.5 Å². The molecule has 4 atom stereocenters. The van der Waals surface area contributed by atoms with Gasteiger partial charge in [-0.25, -0.2) is 0 Å². The van der Waals surface area contributed by atoms with Gasteiger partial charge >= 0.3 is 0 Å². The van der Waals surface area contributed by atoms with Gasteiger partial charge < -0.3 is 10.6 Å². The molecule has 3 rings (SSSR count). The Balaban J connectivity index is 0.00000121. The Morgan fingerprint density at radius 3 is 2.50 bits per heavy atom. The summed E-state index contributed by atoms with van der Waals surface area (Å²) >= 11 is 0. The zero-order valence-electron chi connectivity index (χ0n) is 13.7. The summed E-state index contributed by atoms with van der Waals surface area (Å²) in [6.45, 7) is 10.6. The first-order chi connectivity index (χ1) is 9.54. The Bertz CT molecular complexity index is 437. The number of hydrogen-bond acceptors (Lipinski definition) is 3. The van der Waals surface area contributed by atoms with E-state index in [4.69, 9.17) is 0 Å². The molecule has 3 nitrogen and oxygen atoms in total. The van der Waals surface area contributed by atoms with Gasteiger partial charge in [0.15, 0.2) is 0 Å². The lowest BCUT2D eigenvalue weighted by Gasteiger charge is -2.27. The number of hydrogen-bond donors (Lipinski definition) is 2. The predicted molar refractivity (Wildman–Crippen MR) is 96.9 cm³/mol. The van der Waals surface area contributed by atoms with Gasteiger partial charge in [-0.3, -0.25) is 4.98 Å². The molecule has 5 heteroatoms. The van der Waals surface area contributed by atoms with E-state index in [-0.39, 0.29) is 24.8 Å². The van der Waals surface area contributed by atoms with Crippen molar-refractivity contribution >= 4 is 24.8 Å². The van der Waals surface area contributed by atoms with Crippen molar-refractivity contribution in [2.75, 3.05) is 19.6 Å². The van der Waals surface area contributed by atoms with Crippen LogP contribution >= 0.6 is 24.8 Å². The Morgan fingerprint density at radius 2 is 1.95 bits per heavy atom. The van der Waals surface area contributed by atoms with E-state index in [0.717, 1.165) is 30.7 Å². The van der Waals surface area contributed by atoms with Crippen molar-refractivity contribution in [3.8, 4) is 0 Å². The SMILES string of the molecule is CC(C)(C)CC(NCC1[C@H]2CNC[C@@H]12)c1cccnc1.Cl.Cl. The van der Waals surface area contributed by atoms with Crippen molar-refractivity contribution in [3.05, 3.63) is 30.1 Å². The van der Waals surface area contributed by atoms with Crippen LogP contribution in [0.1, 0.15) is 38.8 Å². The van der Waals surface area contributed by atoms with Crippen molar-refractivity contribution in [2.45, 2.75) is 33.2 Å². The highest BCUT2D eigenvalue weighted by Gasteiger charge is 2.52. The Labute approximate surface area is 146 Å². The van der Waals surface area contributed by atoms with Crippen LogP contribution in [0.15, 0.2) is 24.5 Å². The minimum atomic E-state index is 0. The molecule has 0 aromatic carbocycles. The molecule has 2 unspecified atom stereocenters. The molecule has 2 N–H and O–H groups in total. The Morgan fingerprint density at radius 1 is 1.27 bits per heavy atom. The first-order valence-electron chi connectivity index (χ1n) is 7.88. The predicted octanol–water partition coefficient (Wildman–Crippen LogP) is 3.46. The molecule has 2 aliphatic rings. The minimum Gasteiger partial charge on any atom is -0.316 e. The number of aromatic nitrogens is 1. The van der Waals surface area contributed by atoms with Gasteiger partial charge in [-0.1, -0.05) is 26.8 Å². The van der Waals surface area contributed by atoms with Crippen LogP contribution < -0.4 is 10.6 Å². The molecule has 1 saturated carbocycles. The molecule has 0 bridgehead atoms. The number of pyridine rings is 1. The molecular weight excluding hydrogens is 317 g/mol. The van der Waals surface area contributed by atoms with E-state index in [9.17, 15) is 0 Å². The zero-order chi connectivity index (χ0) is 14.2. The molecule has 1 aromatic heterocycles. The summed E-state index contributed by atoms with van der Waals surface area (Å²) in [4.78, 5) is 4.29. The van der Waals surface area contributed by atoms with Crippen LogP contribution in [0.2, 0.25) is 0 Å². The van der Waals surface area contributed by atoms with Crippen molar-refractivity contribution in [1.29, 1.82) is 0 Å². The lowest BCUT2D eigenvalue weighted by Crippen LogP contribution is -2.29. The minimum absolute atomic E-state index is 0. The van der Waals surface area contributed by atoms with E-state index in [1.54, 1.807) is 0 Å². The van der Waals surface area contributed by atoms with Crippen LogP contribution in [0.25, 0.3) is 0 Å². The summed E-state index contributed by atoms with van der Waals surface area (Å²) < 4.78 is 0. The van der Waals surface area contributed by atoms with E-state index in [1.165, 1.54) is 18.7 Å². The maximum atomic E-state index is 4.29. The molecule has 0 radical (unpaired) electrons. The van der Waals surface area contributed by atoms with Crippen LogP contribution in [0, 0.1) is 23.2 Å². The molecule has 0 spiro atoms. The second kappa shape index (κ2) is 7.96. The molecule has 22 heavy (non-hydrogen) atoms. The highest BCUT2D eigenvalue weighted by atomic mass is 35.5. The van der Waals surface area contributed by atoms with Gasteiger partial charge in [-0.2, -0.15) is 0 Å². The molecule has 1 aromatic rings. The number of piperidine rings is 1. The molecule has 0 amide bonds. The van der Waals surface area contributed by atoms with Gasteiger partial charge in [0.25, 0.3) is 0 Å². The summed E-state index contributed by atoms with van der Waals surface area (Å²) in [5.74, 6) is 2.77. The third-order valence-corrected chi connectivity index (χ3v) is 4.77. The number of nitrogens with zero attached hydrogens (tertiary/aromatic N) is 1. The molecule has 1 saturated heterocycles. The molecule has 1 aliphatic carbocycles. The Kier molecular flexibility index (Phi) is 7.13. The van der Waals surface area contributed by atoms with E-state index in [0.29, 0.717) is 11.5 Å². The second-order valence-corrected chi connectivity index (χ2v) is 7.66. The van der Waals surface area contributed by atoms with E-state index >= 15 is 0 Å². The highest BCUT2D eigenvalue weighted by Crippen LogP contribution is 2.48. The maximum Gasteiger partial charge on any atom is 0.0340 e. The van der Waals surface area contributed by atoms with Gasteiger partial charge in [0.1, 0.15) is 0 Å². The number of fused-ring (bicyclic) bond motifs is 1. The number of nitrogens with one attached hydrogen (secondary N) is 2. The standard InChI is InChI=1S/C17H27N3.2ClH/c1-17(2,3)7-16(12-5-4-6-18-8-12)20-11-15-13-9-19-10-14(13)15;;/h4-6,8,13-16,19-20H,7,9-11H2,1-3H3;2*1H/t13-,14+,15?,16?;;. The fraction of sp³-hybridized carbons (Fsp3) is 0.706. The van der Waals surface area contributed by atoms with Crippen LogP contribution in [0.5, 0.6) is 0 Å². The largest absolute Gasteiger partial charge is 0.316 e. The number of halogens is 2. The first-order valence-corrected chi connectivity index (χ1v) is 7.88. The maximum absolute atomic E-state index is 4.29. The fourth-order valence-electron chi connectivity index (χ4n) is 3.63. The zero-order valence-corrected chi connectivity index (χ0v) is 15.3. The van der Waals surface area contributed by atoms with Crippen LogP contribution in [-0.4, -0.2) is 24.6 Å². The molecule has 2 fully saturated rings. The molecule has 2 heterocycles. The van der Waals surface area contributed by atoms with Crippen molar-refractivity contribution < 1.29 is 0 Å². The summed E-state index contributed by atoms with van der Waals surface area (Å²) in [6.07, 6.45) is 5.02. The Hall–Kier alpha value is -0.350. The summed E-state index contributed by atoms with van der Waals surface area (Å²) in [5.41, 5.74) is 1.65. The van der Waals surface area contributed by atoms with Crippen molar-refractivity contribution in [1.82, 2.24) is 15.6 Å². The van der Waals surface area contributed by atoms with Gasteiger partial charge in [0.05, 0.1) is 0 Å². The van der Waals surface area contributed by atoms with Crippen molar-refractivity contribution in [3.63, 3.8) is 0 Å². The summed E-state index contributed by atoms with van der Waals surface area (Å²) in [5, 5.41) is 7.29. The average molecular weight is 346 g/mol. The monoisotopic (exact) mass is 345 g/mol. The smallest absolute Gasteiger partial charge is 0.0340 e. The summed E-state index contributed by atoms with van der Waals surface area (Å²) in [7, 11) is 0.